The van der Waals surface area contributed by atoms with Gasteiger partial charge in [0.2, 0.25) is 11.8 Å². The van der Waals surface area contributed by atoms with Crippen LogP contribution >= 0.6 is 0 Å². The lowest BCUT2D eigenvalue weighted by Crippen LogP contribution is -2.43. The number of anilines is 1. The van der Waals surface area contributed by atoms with Crippen LogP contribution in [0.25, 0.3) is 10.8 Å². The number of hydrazone groups is 1. The molecule has 0 radical (unpaired) electrons. The van der Waals surface area contributed by atoms with Gasteiger partial charge in [-0.1, -0.05) is 54.6 Å². The van der Waals surface area contributed by atoms with Crippen molar-refractivity contribution in [3.8, 4) is 0 Å². The molecule has 2 saturated heterocycles. The van der Waals surface area contributed by atoms with Crippen molar-refractivity contribution < 1.29 is 14.4 Å². The summed E-state index contributed by atoms with van der Waals surface area (Å²) in [6, 6.07) is 19.9. The summed E-state index contributed by atoms with van der Waals surface area (Å²) >= 11 is 0. The van der Waals surface area contributed by atoms with Gasteiger partial charge in [0.15, 0.2) is 5.78 Å². The summed E-state index contributed by atoms with van der Waals surface area (Å²) in [4.78, 5) is 41.2. The fourth-order valence-electron chi connectivity index (χ4n) is 5.39. The minimum atomic E-state index is -0.749. The topological polar surface area (TPSA) is 70.0 Å². The second-order valence-corrected chi connectivity index (χ2v) is 8.35. The molecule has 2 amide bonds. The standard InChI is InChI=1S/C25H19N3O3/c1-14(29)22-20-21(23-19-9-5-4-8-17(19)13-26-28(22)23)25(31)27(24(20)30)18-11-10-15-6-2-3-7-16(15)12-18/h2-13,20-23H,1H3/t20-,21+,22-,23?/m0/s1. The first-order valence-electron chi connectivity index (χ1n) is 10.3. The van der Waals surface area contributed by atoms with Crippen LogP contribution in [0.4, 0.5) is 5.69 Å². The predicted octanol–water partition coefficient (Wildman–Crippen LogP) is 3.31. The molecule has 152 valence electrons. The average Bonchev–Trinajstić information content (AvgIpc) is 3.26. The Hall–Kier alpha value is -3.80. The van der Waals surface area contributed by atoms with Crippen LogP contribution < -0.4 is 4.90 Å². The maximum Gasteiger partial charge on any atom is 0.240 e. The smallest absolute Gasteiger partial charge is 0.240 e. The number of carbonyl (C=O) groups excluding carboxylic acids is 3. The van der Waals surface area contributed by atoms with Gasteiger partial charge >= 0.3 is 0 Å². The van der Waals surface area contributed by atoms with Crippen molar-refractivity contribution >= 4 is 40.3 Å². The first kappa shape index (κ1) is 18.0. The van der Waals surface area contributed by atoms with E-state index in [1.807, 2.05) is 60.7 Å². The zero-order valence-corrected chi connectivity index (χ0v) is 16.8. The normalized spacial score (nSPS) is 26.2. The van der Waals surface area contributed by atoms with Gasteiger partial charge in [-0.2, -0.15) is 5.10 Å². The minimum Gasteiger partial charge on any atom is -0.298 e. The summed E-state index contributed by atoms with van der Waals surface area (Å²) in [6.45, 7) is 1.47. The third kappa shape index (κ3) is 2.39. The molecule has 0 aromatic heterocycles. The molecule has 0 bridgehead atoms. The molecular formula is C25H19N3O3. The van der Waals surface area contributed by atoms with Crippen molar-refractivity contribution in [3.05, 3.63) is 77.9 Å². The van der Waals surface area contributed by atoms with Crippen LogP contribution in [0.3, 0.4) is 0 Å². The highest BCUT2D eigenvalue weighted by molar-refractivity contribution is 6.24. The van der Waals surface area contributed by atoms with Crippen LogP contribution in [0.1, 0.15) is 24.1 Å². The Morgan fingerprint density at radius 1 is 0.871 bits per heavy atom. The van der Waals surface area contributed by atoms with Gasteiger partial charge in [0.1, 0.15) is 6.04 Å². The lowest BCUT2D eigenvalue weighted by atomic mass is 9.84. The maximum atomic E-state index is 13.7. The quantitative estimate of drug-likeness (QED) is 0.609. The Labute approximate surface area is 178 Å². The molecule has 4 atom stereocenters. The van der Waals surface area contributed by atoms with E-state index in [1.165, 1.54) is 11.8 Å². The van der Waals surface area contributed by atoms with E-state index in [4.69, 9.17) is 0 Å². The van der Waals surface area contributed by atoms with Crippen LogP contribution in [0.15, 0.2) is 71.8 Å². The summed E-state index contributed by atoms with van der Waals surface area (Å²) in [5.74, 6) is -2.14. The van der Waals surface area contributed by atoms with E-state index in [0.29, 0.717) is 5.69 Å². The number of ketones is 1. The molecule has 3 aromatic carbocycles. The zero-order chi connectivity index (χ0) is 21.3. The van der Waals surface area contributed by atoms with Crippen LogP contribution in [-0.4, -0.2) is 34.9 Å². The Bertz CT molecular complexity index is 1310. The molecule has 0 N–H and O–H groups in total. The molecule has 3 aromatic rings. The molecule has 6 nitrogen and oxygen atoms in total. The molecule has 31 heavy (non-hydrogen) atoms. The Morgan fingerprint density at radius 2 is 1.58 bits per heavy atom. The number of benzene rings is 3. The second-order valence-electron chi connectivity index (χ2n) is 8.35. The van der Waals surface area contributed by atoms with Crippen LogP contribution in [0.2, 0.25) is 0 Å². The molecule has 3 heterocycles. The van der Waals surface area contributed by atoms with E-state index >= 15 is 0 Å². The van der Waals surface area contributed by atoms with E-state index in [2.05, 4.69) is 5.10 Å². The zero-order valence-electron chi connectivity index (χ0n) is 16.8. The minimum absolute atomic E-state index is 0.157. The maximum absolute atomic E-state index is 13.7. The number of hydrogen-bond donors (Lipinski definition) is 0. The van der Waals surface area contributed by atoms with E-state index in [-0.39, 0.29) is 17.6 Å². The second kappa shape index (κ2) is 6.35. The predicted molar refractivity (Wildman–Crippen MR) is 117 cm³/mol. The largest absolute Gasteiger partial charge is 0.298 e. The van der Waals surface area contributed by atoms with Crippen molar-refractivity contribution in [2.24, 2.45) is 16.9 Å². The van der Waals surface area contributed by atoms with Crippen LogP contribution in [0, 0.1) is 11.8 Å². The van der Waals surface area contributed by atoms with Crippen LogP contribution in [-0.2, 0) is 14.4 Å². The molecule has 1 unspecified atom stereocenters. The third-order valence-electron chi connectivity index (χ3n) is 6.70. The average molecular weight is 409 g/mol. The number of rotatable bonds is 2. The molecule has 6 rings (SSSR count). The summed E-state index contributed by atoms with van der Waals surface area (Å²) in [5.41, 5.74) is 2.39. The van der Waals surface area contributed by atoms with Gasteiger partial charge in [0.05, 0.1) is 29.8 Å². The first-order chi connectivity index (χ1) is 15.1. The summed E-state index contributed by atoms with van der Waals surface area (Å²) < 4.78 is 0. The monoisotopic (exact) mass is 409 g/mol. The fourth-order valence-corrected chi connectivity index (χ4v) is 5.39. The number of carbonyl (C=O) groups is 3. The molecule has 3 aliphatic heterocycles. The van der Waals surface area contributed by atoms with Gasteiger partial charge in [-0.3, -0.25) is 19.4 Å². The third-order valence-corrected chi connectivity index (χ3v) is 6.70. The van der Waals surface area contributed by atoms with Crippen molar-refractivity contribution in [1.29, 1.82) is 0 Å². The van der Waals surface area contributed by atoms with Gasteiger partial charge in [-0.05, 0) is 41.0 Å². The highest BCUT2D eigenvalue weighted by Gasteiger charge is 2.64. The number of hydrogen-bond acceptors (Lipinski definition) is 5. The van der Waals surface area contributed by atoms with Gasteiger partial charge in [0, 0.05) is 0 Å². The molecule has 6 heteroatoms. The van der Waals surface area contributed by atoms with E-state index in [1.54, 1.807) is 17.3 Å². The molecule has 0 saturated carbocycles. The van der Waals surface area contributed by atoms with E-state index in [9.17, 15) is 14.4 Å². The van der Waals surface area contributed by atoms with Gasteiger partial charge in [0.25, 0.3) is 0 Å². The highest BCUT2D eigenvalue weighted by Crippen LogP contribution is 2.52. The summed E-state index contributed by atoms with van der Waals surface area (Å²) in [6.07, 6.45) is 1.71. The lowest BCUT2D eigenvalue weighted by molar-refractivity contribution is -0.129. The molecule has 2 fully saturated rings. The number of amides is 2. The van der Waals surface area contributed by atoms with Crippen molar-refractivity contribution in [2.75, 3.05) is 4.90 Å². The summed E-state index contributed by atoms with van der Waals surface area (Å²) in [5, 5.41) is 8.15. The molecule has 0 spiro atoms. The number of fused-ring (bicyclic) bond motifs is 6. The molecular weight excluding hydrogens is 390 g/mol. The SMILES string of the molecule is CC(=O)[C@H]1[C@H]2C(=O)N(c3ccc4ccccc4c3)C(=O)[C@H]2C2c3ccccc3C=NN21. The highest BCUT2D eigenvalue weighted by atomic mass is 16.2. The van der Waals surface area contributed by atoms with Crippen molar-refractivity contribution in [1.82, 2.24) is 5.01 Å². The van der Waals surface area contributed by atoms with Crippen molar-refractivity contribution in [3.63, 3.8) is 0 Å². The number of imide groups is 1. The van der Waals surface area contributed by atoms with Crippen molar-refractivity contribution in [2.45, 2.75) is 19.0 Å². The van der Waals surface area contributed by atoms with Gasteiger partial charge in [-0.15, -0.1) is 0 Å². The number of nitrogens with zero attached hydrogens (tertiary/aromatic N) is 3. The summed E-state index contributed by atoms with van der Waals surface area (Å²) in [7, 11) is 0. The Morgan fingerprint density at radius 3 is 2.39 bits per heavy atom. The Balaban J connectivity index is 1.49. The lowest BCUT2D eigenvalue weighted by Gasteiger charge is -2.33. The van der Waals surface area contributed by atoms with E-state index in [0.717, 1.165) is 21.9 Å². The molecule has 0 aliphatic carbocycles. The fraction of sp³-hybridized carbons (Fsp3) is 0.200. The van der Waals surface area contributed by atoms with Gasteiger partial charge in [-0.25, -0.2) is 4.90 Å². The van der Waals surface area contributed by atoms with Gasteiger partial charge < -0.3 is 0 Å². The first-order valence-corrected chi connectivity index (χ1v) is 10.3. The molecule has 3 aliphatic rings. The van der Waals surface area contributed by atoms with Crippen LogP contribution in [0.5, 0.6) is 0 Å². The van der Waals surface area contributed by atoms with E-state index < -0.39 is 23.9 Å². The number of Topliss-reactive ketones (excluding diaryl/α,β-unsaturated/α-hetero) is 1. The Kier molecular flexibility index (Phi) is 3.69.